The van der Waals surface area contributed by atoms with E-state index in [9.17, 15) is 14.4 Å². The van der Waals surface area contributed by atoms with E-state index >= 15 is 0 Å². The van der Waals surface area contributed by atoms with Gasteiger partial charge < -0.3 is 9.80 Å². The molecule has 3 heterocycles. The molecule has 104 valence electrons. The first-order valence-electron chi connectivity index (χ1n) is 6.96. The van der Waals surface area contributed by atoms with Crippen molar-refractivity contribution in [2.75, 3.05) is 13.1 Å². The van der Waals surface area contributed by atoms with Gasteiger partial charge in [-0.05, 0) is 33.1 Å². The maximum Gasteiger partial charge on any atom is 0.328 e. The van der Waals surface area contributed by atoms with Crippen molar-refractivity contribution in [1.29, 1.82) is 0 Å². The van der Waals surface area contributed by atoms with Gasteiger partial charge in [0, 0.05) is 19.1 Å². The zero-order valence-electron chi connectivity index (χ0n) is 11.3. The van der Waals surface area contributed by atoms with Crippen molar-refractivity contribution in [3.8, 4) is 0 Å². The van der Waals surface area contributed by atoms with E-state index in [1.165, 1.54) is 4.90 Å². The van der Waals surface area contributed by atoms with Crippen molar-refractivity contribution >= 4 is 17.8 Å². The molecule has 0 saturated carbocycles. The quantitative estimate of drug-likeness (QED) is 0.680. The molecule has 0 N–H and O–H groups in total. The average molecular weight is 265 g/mol. The van der Waals surface area contributed by atoms with E-state index in [-0.39, 0.29) is 29.9 Å². The van der Waals surface area contributed by atoms with Crippen LogP contribution in [0.15, 0.2) is 0 Å². The van der Waals surface area contributed by atoms with Crippen LogP contribution in [0.1, 0.15) is 33.1 Å². The van der Waals surface area contributed by atoms with Gasteiger partial charge in [0.2, 0.25) is 5.91 Å². The van der Waals surface area contributed by atoms with Crippen molar-refractivity contribution in [1.82, 2.24) is 14.7 Å². The molecule has 6 heteroatoms. The van der Waals surface area contributed by atoms with E-state index in [0.717, 1.165) is 12.8 Å². The highest BCUT2D eigenvalue weighted by atomic mass is 16.2. The van der Waals surface area contributed by atoms with Crippen molar-refractivity contribution in [2.45, 2.75) is 51.2 Å². The van der Waals surface area contributed by atoms with Gasteiger partial charge in [0.1, 0.15) is 12.1 Å². The van der Waals surface area contributed by atoms with Gasteiger partial charge >= 0.3 is 6.03 Å². The minimum Gasteiger partial charge on any atom is -0.338 e. The normalized spacial score (nSPS) is 31.1. The fourth-order valence-corrected chi connectivity index (χ4v) is 3.37. The van der Waals surface area contributed by atoms with Gasteiger partial charge in [-0.25, -0.2) is 9.69 Å². The molecule has 0 radical (unpaired) electrons. The lowest BCUT2D eigenvalue weighted by Crippen LogP contribution is -2.47. The molecule has 3 aliphatic heterocycles. The van der Waals surface area contributed by atoms with Crippen LogP contribution in [0, 0.1) is 0 Å². The molecule has 0 bridgehead atoms. The number of imide groups is 1. The van der Waals surface area contributed by atoms with Crippen LogP contribution in [-0.2, 0) is 9.59 Å². The number of hydrogen-bond acceptors (Lipinski definition) is 3. The molecule has 0 aromatic heterocycles. The van der Waals surface area contributed by atoms with Crippen LogP contribution in [0.5, 0.6) is 0 Å². The maximum atomic E-state index is 12.3. The van der Waals surface area contributed by atoms with Crippen LogP contribution in [0.3, 0.4) is 0 Å². The van der Waals surface area contributed by atoms with E-state index < -0.39 is 6.04 Å². The smallest absolute Gasteiger partial charge is 0.328 e. The molecule has 0 aromatic rings. The minimum absolute atomic E-state index is 0.0853. The minimum atomic E-state index is -0.576. The molecule has 3 saturated heterocycles. The largest absolute Gasteiger partial charge is 0.338 e. The topological polar surface area (TPSA) is 60.9 Å². The van der Waals surface area contributed by atoms with Crippen LogP contribution in [-0.4, -0.2) is 63.8 Å². The van der Waals surface area contributed by atoms with Crippen LogP contribution in [0.2, 0.25) is 0 Å². The highest BCUT2D eigenvalue weighted by molar-refractivity contribution is 6.08. The number of carbonyl (C=O) groups is 3. The molecule has 3 rings (SSSR count). The Morgan fingerprint density at radius 3 is 2.32 bits per heavy atom. The maximum absolute atomic E-state index is 12.3. The third-order valence-corrected chi connectivity index (χ3v) is 4.37. The fraction of sp³-hybridized carbons (Fsp3) is 0.769. The Kier molecular flexibility index (Phi) is 2.76. The van der Waals surface area contributed by atoms with E-state index in [1.54, 1.807) is 9.80 Å². The molecule has 6 nitrogen and oxygen atoms in total. The highest BCUT2D eigenvalue weighted by Crippen LogP contribution is 2.31. The Hall–Kier alpha value is -1.59. The van der Waals surface area contributed by atoms with Gasteiger partial charge in [0.15, 0.2) is 0 Å². The highest BCUT2D eigenvalue weighted by Gasteiger charge is 2.53. The fourth-order valence-electron chi connectivity index (χ4n) is 3.37. The van der Waals surface area contributed by atoms with E-state index in [1.807, 2.05) is 13.8 Å². The Balaban J connectivity index is 1.82. The van der Waals surface area contributed by atoms with Gasteiger partial charge in [-0.2, -0.15) is 0 Å². The standard InChI is InChI=1S/C13H19N3O3/c1-8(2)14-7-5-10(11(14)17)16-12(18)9-4-3-6-15(9)13(16)19/h8-10H,3-7H2,1-2H3/t9-,10-/m1/s1. The summed E-state index contributed by atoms with van der Waals surface area (Å²) >= 11 is 0. The van der Waals surface area contributed by atoms with Crippen LogP contribution in [0.25, 0.3) is 0 Å². The Morgan fingerprint density at radius 2 is 1.74 bits per heavy atom. The predicted octanol–water partition coefficient (Wildman–Crippen LogP) is 0.422. The number of carbonyl (C=O) groups excluding carboxylic acids is 3. The second kappa shape index (κ2) is 4.21. The van der Waals surface area contributed by atoms with Crippen LogP contribution in [0.4, 0.5) is 4.79 Å². The predicted molar refractivity (Wildman–Crippen MR) is 67.2 cm³/mol. The van der Waals surface area contributed by atoms with Crippen LogP contribution < -0.4 is 0 Å². The molecule has 0 unspecified atom stereocenters. The van der Waals surface area contributed by atoms with Crippen LogP contribution >= 0.6 is 0 Å². The van der Waals surface area contributed by atoms with E-state index in [0.29, 0.717) is 19.5 Å². The summed E-state index contributed by atoms with van der Waals surface area (Å²) in [5, 5.41) is 0. The molecular formula is C13H19N3O3. The number of hydrogen-bond donors (Lipinski definition) is 0. The van der Waals surface area contributed by atoms with Crippen molar-refractivity contribution < 1.29 is 14.4 Å². The van der Waals surface area contributed by atoms with Crippen molar-refractivity contribution in [3.63, 3.8) is 0 Å². The molecule has 2 atom stereocenters. The Morgan fingerprint density at radius 1 is 1.00 bits per heavy atom. The summed E-state index contributed by atoms with van der Waals surface area (Å²) in [6.45, 7) is 5.17. The molecule has 0 aromatic carbocycles. The molecule has 0 aliphatic carbocycles. The lowest BCUT2D eigenvalue weighted by atomic mass is 10.1. The molecule has 0 spiro atoms. The second-order valence-corrected chi connectivity index (χ2v) is 5.77. The zero-order valence-corrected chi connectivity index (χ0v) is 11.3. The van der Waals surface area contributed by atoms with Gasteiger partial charge in [0.05, 0.1) is 0 Å². The lowest BCUT2D eigenvalue weighted by molar-refractivity contribution is -0.139. The summed E-state index contributed by atoms with van der Waals surface area (Å²) < 4.78 is 0. The average Bonchev–Trinajstić information content (AvgIpc) is 3.00. The molecule has 19 heavy (non-hydrogen) atoms. The summed E-state index contributed by atoms with van der Waals surface area (Å²) in [5.74, 6) is -0.260. The van der Waals surface area contributed by atoms with Gasteiger partial charge in [-0.1, -0.05) is 0 Å². The summed E-state index contributed by atoms with van der Waals surface area (Å²) in [7, 11) is 0. The third-order valence-electron chi connectivity index (χ3n) is 4.37. The number of nitrogens with zero attached hydrogens (tertiary/aromatic N) is 3. The summed E-state index contributed by atoms with van der Waals surface area (Å²) in [6.07, 6.45) is 2.18. The molecule has 4 amide bonds. The number of urea groups is 1. The first-order valence-corrected chi connectivity index (χ1v) is 6.96. The SMILES string of the molecule is CC(C)N1CC[C@@H](N2C(=O)[C@H]3CCCN3C2=O)C1=O. The second-order valence-electron chi connectivity index (χ2n) is 5.77. The summed E-state index contributed by atoms with van der Waals surface area (Å²) in [5.41, 5.74) is 0. The Labute approximate surface area is 112 Å². The summed E-state index contributed by atoms with van der Waals surface area (Å²) in [6, 6.07) is -1.04. The number of fused-ring (bicyclic) bond motifs is 1. The van der Waals surface area contributed by atoms with Crippen molar-refractivity contribution in [3.05, 3.63) is 0 Å². The first-order chi connectivity index (χ1) is 9.02. The van der Waals surface area contributed by atoms with Gasteiger partial charge in [-0.3, -0.25) is 9.59 Å². The zero-order chi connectivity index (χ0) is 13.7. The number of amides is 4. The van der Waals surface area contributed by atoms with Crippen molar-refractivity contribution in [2.24, 2.45) is 0 Å². The number of rotatable bonds is 2. The Bertz CT molecular complexity index is 426. The molecular weight excluding hydrogens is 246 g/mol. The molecule has 3 fully saturated rings. The van der Waals surface area contributed by atoms with E-state index in [4.69, 9.17) is 0 Å². The third kappa shape index (κ3) is 1.65. The lowest BCUT2D eigenvalue weighted by Gasteiger charge is -2.24. The van der Waals surface area contributed by atoms with Gasteiger partial charge in [0.25, 0.3) is 5.91 Å². The van der Waals surface area contributed by atoms with E-state index in [2.05, 4.69) is 0 Å². The number of likely N-dealkylation sites (tertiary alicyclic amines) is 1. The first kappa shape index (κ1) is 12.4. The monoisotopic (exact) mass is 265 g/mol. The summed E-state index contributed by atoms with van der Waals surface area (Å²) in [4.78, 5) is 41.5. The molecule has 3 aliphatic rings. The van der Waals surface area contributed by atoms with Gasteiger partial charge in [-0.15, -0.1) is 0 Å².